The molecule has 0 bridgehead atoms. The average Bonchev–Trinajstić information content (AvgIpc) is 2.99. The number of rotatable bonds is 7. The Morgan fingerprint density at radius 3 is 2.49 bits per heavy atom. The maximum absolute atomic E-state index is 13.0. The number of hydrogen-bond acceptors (Lipinski definition) is 6. The van der Waals surface area contributed by atoms with Crippen LogP contribution in [0.1, 0.15) is 27.0 Å². The number of halogens is 1. The molecule has 1 aliphatic rings. The van der Waals surface area contributed by atoms with Crippen LogP contribution in [0.25, 0.3) is 10.8 Å². The topological polar surface area (TPSA) is 94.5 Å². The molecule has 2 amide bonds. The number of phenols is 1. The van der Waals surface area contributed by atoms with Crippen molar-refractivity contribution in [3.05, 3.63) is 100 Å². The average molecular weight is 571 g/mol. The summed E-state index contributed by atoms with van der Waals surface area (Å²) >= 11 is 5.89. The number of nitrogens with one attached hydrogen (secondary N) is 1. The highest BCUT2D eigenvalue weighted by Crippen LogP contribution is 2.29. The predicted octanol–water partition coefficient (Wildman–Crippen LogP) is 5.31. The predicted molar refractivity (Wildman–Crippen MR) is 162 cm³/mol. The Balaban J connectivity index is 1.20. The third kappa shape index (κ3) is 6.28. The van der Waals surface area contributed by atoms with Gasteiger partial charge in [0, 0.05) is 48.4 Å². The van der Waals surface area contributed by atoms with Crippen molar-refractivity contribution in [3.8, 4) is 11.5 Å². The number of carbonyl (C=O) groups is 2. The van der Waals surface area contributed by atoms with Crippen molar-refractivity contribution >= 4 is 46.1 Å². The SMILES string of the molecule is Cc1cccc(N2CCN(C(=O)COc3ccc(C=NNC(=O)c4ccc(O)c(Cl)c4)c4ccccc34)CC2)c1C. The monoisotopic (exact) mass is 570 g/mol. The van der Waals surface area contributed by atoms with Gasteiger partial charge < -0.3 is 19.6 Å². The number of aryl methyl sites for hydroxylation is 1. The second kappa shape index (κ2) is 12.3. The van der Waals surface area contributed by atoms with Crippen molar-refractivity contribution in [3.63, 3.8) is 0 Å². The molecule has 0 unspecified atom stereocenters. The second-order valence-corrected chi connectivity index (χ2v) is 10.3. The van der Waals surface area contributed by atoms with Crippen molar-refractivity contribution in [2.45, 2.75) is 13.8 Å². The van der Waals surface area contributed by atoms with Crippen LogP contribution in [-0.2, 0) is 4.79 Å². The van der Waals surface area contributed by atoms with E-state index in [1.165, 1.54) is 35.0 Å². The van der Waals surface area contributed by atoms with E-state index in [1.807, 2.05) is 35.2 Å². The van der Waals surface area contributed by atoms with Gasteiger partial charge in [0.25, 0.3) is 11.8 Å². The van der Waals surface area contributed by atoms with Crippen LogP contribution in [0.5, 0.6) is 11.5 Å². The number of nitrogens with zero attached hydrogens (tertiary/aromatic N) is 3. The number of ether oxygens (including phenoxy) is 1. The van der Waals surface area contributed by atoms with Crippen LogP contribution in [0.15, 0.2) is 77.9 Å². The lowest BCUT2D eigenvalue weighted by Gasteiger charge is -2.37. The fourth-order valence-electron chi connectivity index (χ4n) is 4.91. The Bertz CT molecular complexity index is 1630. The molecule has 0 aromatic heterocycles. The van der Waals surface area contributed by atoms with E-state index in [0.717, 1.165) is 29.4 Å². The number of carbonyl (C=O) groups excluding carboxylic acids is 2. The summed E-state index contributed by atoms with van der Waals surface area (Å²) in [6.45, 7) is 7.06. The molecule has 210 valence electrons. The normalized spacial score (nSPS) is 13.5. The molecule has 9 heteroatoms. The summed E-state index contributed by atoms with van der Waals surface area (Å²) in [5, 5.41) is 15.4. The number of fused-ring (bicyclic) bond motifs is 1. The number of amides is 2. The van der Waals surface area contributed by atoms with Gasteiger partial charge in [0.2, 0.25) is 0 Å². The minimum atomic E-state index is -0.458. The molecule has 1 fully saturated rings. The number of aromatic hydroxyl groups is 1. The zero-order chi connectivity index (χ0) is 28.9. The number of hydrogen-bond donors (Lipinski definition) is 2. The van der Waals surface area contributed by atoms with Crippen LogP contribution >= 0.6 is 11.6 Å². The molecule has 41 heavy (non-hydrogen) atoms. The van der Waals surface area contributed by atoms with E-state index in [-0.39, 0.29) is 28.8 Å². The Labute approximate surface area is 243 Å². The van der Waals surface area contributed by atoms with E-state index in [0.29, 0.717) is 18.8 Å². The largest absolute Gasteiger partial charge is 0.506 e. The Hall–Kier alpha value is -4.56. The van der Waals surface area contributed by atoms with E-state index in [2.05, 4.69) is 47.5 Å². The lowest BCUT2D eigenvalue weighted by Crippen LogP contribution is -2.50. The molecule has 0 aliphatic carbocycles. The lowest BCUT2D eigenvalue weighted by molar-refractivity contribution is -0.133. The minimum absolute atomic E-state index is 0.0441. The number of piperazine rings is 1. The van der Waals surface area contributed by atoms with Crippen molar-refractivity contribution < 1.29 is 19.4 Å². The molecule has 0 spiro atoms. The van der Waals surface area contributed by atoms with Gasteiger partial charge in [-0.15, -0.1) is 0 Å². The quantitative estimate of drug-likeness (QED) is 0.232. The molecule has 4 aromatic carbocycles. The fourth-order valence-corrected chi connectivity index (χ4v) is 5.09. The minimum Gasteiger partial charge on any atom is -0.506 e. The molecule has 0 radical (unpaired) electrons. The van der Waals surface area contributed by atoms with E-state index < -0.39 is 5.91 Å². The van der Waals surface area contributed by atoms with Crippen LogP contribution < -0.4 is 15.1 Å². The third-order valence-electron chi connectivity index (χ3n) is 7.40. The Morgan fingerprint density at radius 2 is 1.73 bits per heavy atom. The van der Waals surface area contributed by atoms with E-state index >= 15 is 0 Å². The van der Waals surface area contributed by atoms with Crippen LogP contribution in [0.3, 0.4) is 0 Å². The maximum Gasteiger partial charge on any atom is 0.271 e. The number of anilines is 1. The summed E-state index contributed by atoms with van der Waals surface area (Å²) in [6.07, 6.45) is 1.55. The second-order valence-electron chi connectivity index (χ2n) is 9.94. The molecule has 0 saturated carbocycles. The van der Waals surface area contributed by atoms with E-state index in [1.54, 1.807) is 12.3 Å². The standard InChI is InChI=1S/C32H31ClN4O4/c1-21-6-5-9-28(22(21)2)36-14-16-37(17-15-36)31(39)20-41-30-13-11-24(25-7-3-4-8-26(25)30)19-34-35-32(40)23-10-12-29(38)27(33)18-23/h3-13,18-19,38H,14-17,20H2,1-2H3,(H,35,40). The third-order valence-corrected chi connectivity index (χ3v) is 7.70. The van der Waals surface area contributed by atoms with Crippen molar-refractivity contribution in [1.82, 2.24) is 10.3 Å². The van der Waals surface area contributed by atoms with Gasteiger partial charge >= 0.3 is 0 Å². The molecule has 0 atom stereocenters. The molecule has 2 N–H and O–H groups in total. The van der Waals surface area contributed by atoms with Crippen LogP contribution in [0.2, 0.25) is 5.02 Å². The number of hydrazone groups is 1. The first-order chi connectivity index (χ1) is 19.8. The lowest BCUT2D eigenvalue weighted by atomic mass is 10.0. The van der Waals surface area contributed by atoms with Gasteiger partial charge in [-0.3, -0.25) is 9.59 Å². The summed E-state index contributed by atoms with van der Waals surface area (Å²) in [6, 6.07) is 21.8. The van der Waals surface area contributed by atoms with Crippen LogP contribution in [-0.4, -0.2) is 60.8 Å². The maximum atomic E-state index is 13.0. The van der Waals surface area contributed by atoms with E-state index in [9.17, 15) is 14.7 Å². The van der Waals surface area contributed by atoms with Crippen molar-refractivity contribution in [1.29, 1.82) is 0 Å². The van der Waals surface area contributed by atoms with Crippen LogP contribution in [0.4, 0.5) is 5.69 Å². The highest BCUT2D eigenvalue weighted by molar-refractivity contribution is 6.32. The van der Waals surface area contributed by atoms with E-state index in [4.69, 9.17) is 16.3 Å². The Kier molecular flexibility index (Phi) is 8.40. The van der Waals surface area contributed by atoms with Crippen molar-refractivity contribution in [2.75, 3.05) is 37.7 Å². The number of benzene rings is 4. The molecule has 1 aliphatic heterocycles. The summed E-state index contributed by atoms with van der Waals surface area (Å²) in [5.41, 5.74) is 7.29. The molecule has 1 heterocycles. The van der Waals surface area contributed by atoms with Gasteiger partial charge in [-0.1, -0.05) is 48.0 Å². The smallest absolute Gasteiger partial charge is 0.271 e. The first kappa shape index (κ1) is 28.0. The molecular formula is C32H31ClN4O4. The zero-order valence-electron chi connectivity index (χ0n) is 22.9. The van der Waals surface area contributed by atoms with Gasteiger partial charge in [-0.25, -0.2) is 5.43 Å². The van der Waals surface area contributed by atoms with Gasteiger partial charge in [0.15, 0.2) is 6.61 Å². The van der Waals surface area contributed by atoms with Gasteiger partial charge in [-0.2, -0.15) is 5.10 Å². The van der Waals surface area contributed by atoms with Crippen molar-refractivity contribution in [2.24, 2.45) is 5.10 Å². The zero-order valence-corrected chi connectivity index (χ0v) is 23.7. The molecule has 5 rings (SSSR count). The molecule has 8 nitrogen and oxygen atoms in total. The van der Waals surface area contributed by atoms with Gasteiger partial charge in [-0.05, 0) is 66.8 Å². The summed E-state index contributed by atoms with van der Waals surface area (Å²) in [5.74, 6) is -0.000918. The van der Waals surface area contributed by atoms with Crippen LogP contribution in [0, 0.1) is 13.8 Å². The fraction of sp³-hybridized carbons (Fsp3) is 0.219. The highest BCUT2D eigenvalue weighted by Gasteiger charge is 2.23. The highest BCUT2D eigenvalue weighted by atomic mass is 35.5. The van der Waals surface area contributed by atoms with Gasteiger partial charge in [0.1, 0.15) is 11.5 Å². The van der Waals surface area contributed by atoms with Gasteiger partial charge in [0.05, 0.1) is 11.2 Å². The summed E-state index contributed by atoms with van der Waals surface area (Å²) < 4.78 is 6.01. The molecule has 4 aromatic rings. The first-order valence-corrected chi connectivity index (χ1v) is 13.7. The number of phenolic OH excluding ortho intramolecular Hbond substituents is 1. The first-order valence-electron chi connectivity index (χ1n) is 13.4. The molecular weight excluding hydrogens is 540 g/mol. The summed E-state index contributed by atoms with van der Waals surface area (Å²) in [7, 11) is 0. The Morgan fingerprint density at radius 1 is 0.976 bits per heavy atom. The summed E-state index contributed by atoms with van der Waals surface area (Å²) in [4.78, 5) is 29.6. The molecule has 1 saturated heterocycles.